The zero-order chi connectivity index (χ0) is 14.5. The van der Waals surface area contributed by atoms with Crippen molar-refractivity contribution < 1.29 is 18.7 Å². The van der Waals surface area contributed by atoms with Crippen LogP contribution in [0.1, 0.15) is 31.1 Å². The third kappa shape index (κ3) is 2.95. The van der Waals surface area contributed by atoms with Crippen LogP contribution in [0.2, 0.25) is 0 Å². The highest BCUT2D eigenvalue weighted by Gasteiger charge is 2.15. The lowest BCUT2D eigenvalue weighted by Gasteiger charge is -2.05. The Bertz CT molecular complexity index is 598. The van der Waals surface area contributed by atoms with Crippen LogP contribution in [0.5, 0.6) is 5.75 Å². The number of unbranched alkanes of at least 4 members (excludes halogenated alkanes) is 1. The van der Waals surface area contributed by atoms with Gasteiger partial charge in [0.05, 0.1) is 7.11 Å². The summed E-state index contributed by atoms with van der Waals surface area (Å²) in [6, 6.07) is 5.75. The third-order valence-electron chi connectivity index (χ3n) is 3.34. The number of para-hydroxylation sites is 1. The lowest BCUT2D eigenvalue weighted by Crippen LogP contribution is -2.12. The summed E-state index contributed by atoms with van der Waals surface area (Å²) in [7, 11) is 1.34. The molecular weight excluding hydrogens is 256 g/mol. The number of fused-ring (bicyclic) bond motifs is 1. The lowest BCUT2D eigenvalue weighted by atomic mass is 10.0. The van der Waals surface area contributed by atoms with E-state index in [1.165, 1.54) is 12.7 Å². The average Bonchev–Trinajstić information content (AvgIpc) is 2.78. The molecule has 0 unspecified atom stereocenters. The molecular formula is C16H20O4. The average molecular weight is 276 g/mol. The second-order valence-electron chi connectivity index (χ2n) is 4.74. The Morgan fingerprint density at radius 1 is 1.35 bits per heavy atom. The zero-order valence-electron chi connectivity index (χ0n) is 12.2. The fraction of sp³-hybridized carbons (Fsp3) is 0.438. The van der Waals surface area contributed by atoms with E-state index < -0.39 is 5.97 Å². The molecule has 0 spiro atoms. The van der Waals surface area contributed by atoms with Crippen LogP contribution in [-0.2, 0) is 16.0 Å². The van der Waals surface area contributed by atoms with Gasteiger partial charge in [0.2, 0.25) is 0 Å². The van der Waals surface area contributed by atoms with Crippen molar-refractivity contribution in [3.63, 3.8) is 0 Å². The van der Waals surface area contributed by atoms with Gasteiger partial charge >= 0.3 is 5.97 Å². The zero-order valence-corrected chi connectivity index (χ0v) is 12.2. The van der Waals surface area contributed by atoms with Crippen LogP contribution in [0, 0.1) is 6.92 Å². The van der Waals surface area contributed by atoms with Crippen molar-refractivity contribution in [1.29, 1.82) is 0 Å². The maximum atomic E-state index is 11.2. The van der Waals surface area contributed by atoms with Crippen LogP contribution < -0.4 is 4.74 Å². The highest BCUT2D eigenvalue weighted by atomic mass is 16.6. The van der Waals surface area contributed by atoms with E-state index in [4.69, 9.17) is 9.15 Å². The minimum absolute atomic E-state index is 0.111. The number of carbonyl (C=O) groups excluding carboxylic acids is 1. The number of furan rings is 1. The first kappa shape index (κ1) is 14.4. The van der Waals surface area contributed by atoms with Crippen molar-refractivity contribution in [1.82, 2.24) is 0 Å². The minimum atomic E-state index is -0.406. The van der Waals surface area contributed by atoms with Crippen molar-refractivity contribution in [2.75, 3.05) is 13.7 Å². The number of aryl methyl sites for hydroxylation is 2. The van der Waals surface area contributed by atoms with Gasteiger partial charge in [-0.2, -0.15) is 0 Å². The maximum Gasteiger partial charge on any atom is 0.343 e. The summed E-state index contributed by atoms with van der Waals surface area (Å²) in [6.45, 7) is 4.03. The summed E-state index contributed by atoms with van der Waals surface area (Å²) in [4.78, 5) is 11.2. The van der Waals surface area contributed by atoms with E-state index in [-0.39, 0.29) is 6.61 Å². The molecule has 0 N–H and O–H groups in total. The van der Waals surface area contributed by atoms with Crippen molar-refractivity contribution in [3.05, 3.63) is 29.5 Å². The molecule has 0 saturated heterocycles. The van der Waals surface area contributed by atoms with Crippen LogP contribution in [0.25, 0.3) is 11.0 Å². The molecule has 0 aliphatic heterocycles. The second kappa shape index (κ2) is 6.46. The number of esters is 1. The van der Waals surface area contributed by atoms with Gasteiger partial charge < -0.3 is 13.9 Å². The van der Waals surface area contributed by atoms with Crippen molar-refractivity contribution in [2.45, 2.75) is 33.1 Å². The van der Waals surface area contributed by atoms with Gasteiger partial charge in [-0.3, -0.25) is 0 Å². The molecule has 4 nitrogen and oxygen atoms in total. The molecule has 0 amide bonds. The van der Waals surface area contributed by atoms with Crippen LogP contribution in [0.15, 0.2) is 22.6 Å². The molecule has 0 radical (unpaired) electrons. The smallest absolute Gasteiger partial charge is 0.343 e. The Morgan fingerprint density at radius 3 is 2.85 bits per heavy atom. The number of benzene rings is 1. The Labute approximate surface area is 118 Å². The van der Waals surface area contributed by atoms with E-state index in [1.54, 1.807) is 6.07 Å². The number of rotatable bonds is 6. The molecule has 1 heterocycles. The number of methoxy groups -OCH3 is 1. The van der Waals surface area contributed by atoms with Crippen LogP contribution in [0.3, 0.4) is 0 Å². The summed E-state index contributed by atoms with van der Waals surface area (Å²) >= 11 is 0. The number of ether oxygens (including phenoxy) is 2. The van der Waals surface area contributed by atoms with Gasteiger partial charge in [-0.15, -0.1) is 0 Å². The highest BCUT2D eigenvalue weighted by Crippen LogP contribution is 2.33. The lowest BCUT2D eigenvalue weighted by molar-refractivity contribution is -0.142. The first-order valence-electron chi connectivity index (χ1n) is 6.88. The molecule has 108 valence electrons. The normalized spacial score (nSPS) is 10.8. The SMILES string of the molecule is CCCCc1c(C)oc2c(OCC(=O)OC)cccc12. The van der Waals surface area contributed by atoms with E-state index in [1.807, 2.05) is 19.1 Å². The molecule has 1 aromatic heterocycles. The summed E-state index contributed by atoms with van der Waals surface area (Å²) in [5, 5.41) is 1.07. The topological polar surface area (TPSA) is 48.7 Å². The van der Waals surface area contributed by atoms with E-state index in [0.29, 0.717) is 11.3 Å². The molecule has 0 fully saturated rings. The van der Waals surface area contributed by atoms with Crippen molar-refractivity contribution in [3.8, 4) is 5.75 Å². The fourth-order valence-corrected chi connectivity index (χ4v) is 2.24. The molecule has 0 aliphatic carbocycles. The largest absolute Gasteiger partial charge is 0.478 e. The molecule has 2 aromatic rings. The van der Waals surface area contributed by atoms with Crippen molar-refractivity contribution in [2.24, 2.45) is 0 Å². The highest BCUT2D eigenvalue weighted by molar-refractivity contribution is 5.87. The Kier molecular flexibility index (Phi) is 4.66. The van der Waals surface area contributed by atoms with Gasteiger partial charge in [0.25, 0.3) is 0 Å². The molecule has 20 heavy (non-hydrogen) atoms. The molecule has 2 rings (SSSR count). The van der Waals surface area contributed by atoms with Gasteiger partial charge in [0, 0.05) is 10.9 Å². The quantitative estimate of drug-likeness (QED) is 0.756. The standard InChI is InChI=1S/C16H20O4/c1-4-5-7-12-11(2)20-16-13(12)8-6-9-14(16)19-10-15(17)18-3/h6,8-9H,4-5,7,10H2,1-3H3. The third-order valence-corrected chi connectivity index (χ3v) is 3.34. The first-order valence-corrected chi connectivity index (χ1v) is 6.88. The van der Waals surface area contributed by atoms with Gasteiger partial charge in [-0.25, -0.2) is 4.79 Å². The Hall–Kier alpha value is -1.97. The van der Waals surface area contributed by atoms with E-state index in [9.17, 15) is 4.79 Å². The van der Waals surface area contributed by atoms with Crippen LogP contribution in [0.4, 0.5) is 0 Å². The predicted octanol–water partition coefficient (Wildman–Crippen LogP) is 3.64. The summed E-state index contributed by atoms with van der Waals surface area (Å²) in [5.41, 5.74) is 1.94. The number of carbonyl (C=O) groups is 1. The van der Waals surface area contributed by atoms with E-state index in [0.717, 1.165) is 30.4 Å². The predicted molar refractivity (Wildman–Crippen MR) is 77.1 cm³/mol. The summed E-state index contributed by atoms with van der Waals surface area (Å²) in [6.07, 6.45) is 3.27. The van der Waals surface area contributed by atoms with Gasteiger partial charge in [0.1, 0.15) is 5.76 Å². The monoisotopic (exact) mass is 276 g/mol. The van der Waals surface area contributed by atoms with Gasteiger partial charge in [-0.05, 0) is 25.8 Å². The van der Waals surface area contributed by atoms with Crippen LogP contribution >= 0.6 is 0 Å². The maximum absolute atomic E-state index is 11.2. The van der Waals surface area contributed by atoms with Gasteiger partial charge in [0.15, 0.2) is 17.9 Å². The molecule has 0 aliphatic rings. The fourth-order valence-electron chi connectivity index (χ4n) is 2.24. The minimum Gasteiger partial charge on any atom is -0.478 e. The van der Waals surface area contributed by atoms with Gasteiger partial charge in [-0.1, -0.05) is 25.5 Å². The first-order chi connectivity index (χ1) is 9.67. The number of hydrogen-bond acceptors (Lipinski definition) is 4. The van der Waals surface area contributed by atoms with Crippen molar-refractivity contribution >= 4 is 16.9 Å². The number of hydrogen-bond donors (Lipinski definition) is 0. The summed E-state index contributed by atoms with van der Waals surface area (Å²) < 4.78 is 15.9. The van der Waals surface area contributed by atoms with E-state index in [2.05, 4.69) is 11.7 Å². The Morgan fingerprint density at radius 2 is 2.15 bits per heavy atom. The van der Waals surface area contributed by atoms with Crippen LogP contribution in [-0.4, -0.2) is 19.7 Å². The molecule has 0 saturated carbocycles. The molecule has 1 aromatic carbocycles. The summed E-state index contributed by atoms with van der Waals surface area (Å²) in [5.74, 6) is 1.10. The molecule has 0 atom stereocenters. The van der Waals surface area contributed by atoms with E-state index >= 15 is 0 Å². The second-order valence-corrected chi connectivity index (χ2v) is 4.74. The Balaban J connectivity index is 2.30. The molecule has 0 bridgehead atoms. The molecule has 4 heteroatoms.